The van der Waals surface area contributed by atoms with E-state index in [4.69, 9.17) is 9.05 Å². The first kappa shape index (κ1) is 12.2. The zero-order valence-corrected chi connectivity index (χ0v) is 10.0. The molecule has 0 atom stereocenters. The topological polar surface area (TPSA) is 79.5 Å². The number of rotatable bonds is 5. The van der Waals surface area contributed by atoms with Crippen LogP contribution in [0, 0.1) is 6.92 Å². The third-order valence-electron chi connectivity index (χ3n) is 1.55. The van der Waals surface area contributed by atoms with E-state index in [1.807, 2.05) is 6.92 Å². The highest BCUT2D eigenvalue weighted by Gasteiger charge is 2.22. The molecular weight excluding hydrogens is 217 g/mol. The second kappa shape index (κ2) is 5.30. The van der Waals surface area contributed by atoms with Crippen LogP contribution in [-0.4, -0.2) is 23.2 Å². The van der Waals surface area contributed by atoms with Crippen LogP contribution in [0.15, 0.2) is 11.0 Å². The summed E-state index contributed by atoms with van der Waals surface area (Å²) in [7, 11) is -3.37. The summed E-state index contributed by atoms with van der Waals surface area (Å²) in [5.74, 6) is 0. The van der Waals surface area contributed by atoms with E-state index in [0.29, 0.717) is 18.8 Å². The van der Waals surface area contributed by atoms with Gasteiger partial charge >= 0.3 is 7.75 Å². The number of hydrogen-bond acceptors (Lipinski definition) is 3. The number of aryl methyl sites for hydroxylation is 1. The fourth-order valence-electron chi connectivity index (χ4n) is 1.03. The van der Waals surface area contributed by atoms with Crippen molar-refractivity contribution in [3.05, 3.63) is 17.5 Å². The molecule has 0 aliphatic heterocycles. The third kappa shape index (κ3) is 3.66. The van der Waals surface area contributed by atoms with Gasteiger partial charge in [0.05, 0.1) is 13.2 Å². The highest BCUT2D eigenvalue weighted by atomic mass is 31.2. The molecule has 7 heteroatoms. The van der Waals surface area contributed by atoms with Crippen molar-refractivity contribution in [1.82, 2.24) is 9.97 Å². The van der Waals surface area contributed by atoms with Gasteiger partial charge in [-0.1, -0.05) is 0 Å². The van der Waals surface area contributed by atoms with Gasteiger partial charge in [0.2, 0.25) is 5.62 Å². The van der Waals surface area contributed by atoms with Gasteiger partial charge in [-0.3, -0.25) is 9.05 Å². The molecule has 0 saturated carbocycles. The van der Waals surface area contributed by atoms with E-state index in [2.05, 4.69) is 14.7 Å². The molecule has 0 spiro atoms. The Balaban J connectivity index is 2.96. The van der Waals surface area contributed by atoms with Crippen molar-refractivity contribution in [3.63, 3.8) is 0 Å². The quantitative estimate of drug-likeness (QED) is 0.760. The lowest BCUT2D eigenvalue weighted by Gasteiger charge is -2.09. The molecule has 1 aromatic heterocycles. The molecule has 0 unspecified atom stereocenters. The van der Waals surface area contributed by atoms with E-state index < -0.39 is 7.75 Å². The lowest BCUT2D eigenvalue weighted by Crippen LogP contribution is -2.07. The minimum atomic E-state index is -3.37. The van der Waals surface area contributed by atoms with Crippen LogP contribution in [0.1, 0.15) is 19.5 Å². The Morgan fingerprint density at radius 2 is 2.00 bits per heavy atom. The fourth-order valence-corrected chi connectivity index (χ4v) is 2.23. The minimum Gasteiger partial charge on any atom is -0.331 e. The molecule has 0 aromatic carbocycles. The maximum atomic E-state index is 11.9. The van der Waals surface area contributed by atoms with Crippen LogP contribution in [0.5, 0.6) is 0 Å². The van der Waals surface area contributed by atoms with Crippen molar-refractivity contribution in [2.24, 2.45) is 4.76 Å². The molecular formula is C8H16N3O3P. The summed E-state index contributed by atoms with van der Waals surface area (Å²) < 4.78 is 25.9. The van der Waals surface area contributed by atoms with Crippen LogP contribution in [0.3, 0.4) is 0 Å². The summed E-state index contributed by atoms with van der Waals surface area (Å²) in [4.78, 5) is 5.72. The van der Waals surface area contributed by atoms with Gasteiger partial charge in [0, 0.05) is 11.9 Å². The molecule has 0 aliphatic rings. The van der Waals surface area contributed by atoms with Crippen molar-refractivity contribution in [2.75, 3.05) is 13.2 Å². The molecule has 86 valence electrons. The van der Waals surface area contributed by atoms with E-state index in [1.54, 1.807) is 20.0 Å². The molecule has 0 amide bonds. The molecule has 1 aromatic rings. The first-order valence-corrected chi connectivity index (χ1v) is 6.29. The molecule has 1 rings (SSSR count). The molecule has 15 heavy (non-hydrogen) atoms. The minimum absolute atomic E-state index is 0.292. The second-order valence-electron chi connectivity index (χ2n) is 2.85. The molecule has 0 bridgehead atoms. The zero-order valence-electron chi connectivity index (χ0n) is 9.11. The van der Waals surface area contributed by atoms with Crippen LogP contribution < -0.4 is 5.62 Å². The van der Waals surface area contributed by atoms with Crippen LogP contribution in [0.4, 0.5) is 0 Å². The standard InChI is InChI=1S/C8H16N3O3P/c1-4-13-15(12,14-5-2)11-8-9-6-7(3)10-8/h6H,4-5H2,1-3H3,(H2,9,10,11,12). The van der Waals surface area contributed by atoms with Gasteiger partial charge in [-0.2, -0.15) is 0 Å². The monoisotopic (exact) mass is 233 g/mol. The SMILES string of the molecule is CCOP(=O)(/N=c1/[nH]cc(C)[nH]1)OCC. The summed E-state index contributed by atoms with van der Waals surface area (Å²) in [6, 6.07) is 0. The van der Waals surface area contributed by atoms with Crippen LogP contribution in [0.2, 0.25) is 0 Å². The van der Waals surface area contributed by atoms with Crippen molar-refractivity contribution in [1.29, 1.82) is 0 Å². The van der Waals surface area contributed by atoms with E-state index in [9.17, 15) is 4.57 Å². The average Bonchev–Trinajstić information content (AvgIpc) is 2.51. The third-order valence-corrected chi connectivity index (χ3v) is 3.16. The van der Waals surface area contributed by atoms with Crippen LogP contribution in [0.25, 0.3) is 0 Å². The Hall–Kier alpha value is -0.840. The Morgan fingerprint density at radius 1 is 1.40 bits per heavy atom. The number of aromatic nitrogens is 2. The lowest BCUT2D eigenvalue weighted by molar-refractivity contribution is 0.220. The molecule has 0 radical (unpaired) electrons. The van der Waals surface area contributed by atoms with Gasteiger partial charge in [-0.15, -0.1) is 4.76 Å². The second-order valence-corrected chi connectivity index (χ2v) is 4.50. The van der Waals surface area contributed by atoms with Crippen molar-refractivity contribution >= 4 is 7.75 Å². The first-order valence-electron chi connectivity index (χ1n) is 4.79. The Kier molecular flexibility index (Phi) is 4.32. The highest BCUT2D eigenvalue weighted by Crippen LogP contribution is 2.48. The Labute approximate surface area is 88.3 Å². The predicted octanol–water partition coefficient (Wildman–Crippen LogP) is 1.73. The van der Waals surface area contributed by atoms with Crippen LogP contribution in [-0.2, 0) is 13.6 Å². The number of imidazole rings is 1. The number of hydrogen-bond donors (Lipinski definition) is 2. The first-order chi connectivity index (χ1) is 7.09. The largest absolute Gasteiger partial charge is 0.457 e. The van der Waals surface area contributed by atoms with Crippen molar-refractivity contribution < 1.29 is 13.6 Å². The highest BCUT2D eigenvalue weighted by molar-refractivity contribution is 7.52. The molecule has 0 aliphatic carbocycles. The molecule has 2 N–H and O–H groups in total. The summed E-state index contributed by atoms with van der Waals surface area (Å²) in [6.45, 7) is 5.93. The summed E-state index contributed by atoms with van der Waals surface area (Å²) >= 11 is 0. The summed E-state index contributed by atoms with van der Waals surface area (Å²) in [5.41, 5.74) is 1.28. The predicted molar refractivity (Wildman–Crippen MR) is 56.3 cm³/mol. The van der Waals surface area contributed by atoms with Gasteiger partial charge in [-0.05, 0) is 20.8 Å². The van der Waals surface area contributed by atoms with Crippen molar-refractivity contribution in [3.8, 4) is 0 Å². The summed E-state index contributed by atoms with van der Waals surface area (Å²) in [5, 5.41) is 0. The van der Waals surface area contributed by atoms with Crippen LogP contribution >= 0.6 is 7.75 Å². The number of aromatic amines is 2. The van der Waals surface area contributed by atoms with Gasteiger partial charge in [0.15, 0.2) is 0 Å². The molecule has 6 nitrogen and oxygen atoms in total. The van der Waals surface area contributed by atoms with Gasteiger partial charge in [-0.25, -0.2) is 4.57 Å². The number of nitrogens with one attached hydrogen (secondary N) is 2. The van der Waals surface area contributed by atoms with E-state index in [-0.39, 0.29) is 0 Å². The molecule has 0 fully saturated rings. The Morgan fingerprint density at radius 3 is 2.40 bits per heavy atom. The smallest absolute Gasteiger partial charge is 0.331 e. The van der Waals surface area contributed by atoms with Gasteiger partial charge < -0.3 is 9.97 Å². The maximum Gasteiger partial charge on any atom is 0.457 e. The van der Waals surface area contributed by atoms with Gasteiger partial charge in [0.1, 0.15) is 0 Å². The number of H-pyrrole nitrogens is 2. The lowest BCUT2D eigenvalue weighted by atomic mass is 10.6. The van der Waals surface area contributed by atoms with E-state index >= 15 is 0 Å². The zero-order chi connectivity index (χ0) is 11.3. The summed E-state index contributed by atoms with van der Waals surface area (Å²) in [6.07, 6.45) is 1.72. The van der Waals surface area contributed by atoms with E-state index in [0.717, 1.165) is 5.69 Å². The molecule has 1 heterocycles. The maximum absolute atomic E-state index is 11.9. The van der Waals surface area contributed by atoms with Crippen molar-refractivity contribution in [2.45, 2.75) is 20.8 Å². The fraction of sp³-hybridized carbons (Fsp3) is 0.625. The number of nitrogens with zero attached hydrogens (tertiary/aromatic N) is 1. The van der Waals surface area contributed by atoms with E-state index in [1.165, 1.54) is 0 Å². The normalized spacial score (nSPS) is 13.4. The van der Waals surface area contributed by atoms with Gasteiger partial charge in [0.25, 0.3) is 0 Å². The Bertz CT molecular complexity index is 399. The molecule has 0 saturated heterocycles. The average molecular weight is 233 g/mol.